The van der Waals surface area contributed by atoms with E-state index in [0.717, 1.165) is 5.56 Å². The van der Waals surface area contributed by atoms with Crippen LogP contribution in [0.4, 0.5) is 0 Å². The van der Waals surface area contributed by atoms with Crippen molar-refractivity contribution in [1.29, 1.82) is 0 Å². The average Bonchev–Trinajstić information content (AvgIpc) is 2.71. The summed E-state index contributed by atoms with van der Waals surface area (Å²) in [5, 5.41) is 2.76. The molecule has 0 aliphatic rings. The van der Waals surface area contributed by atoms with Crippen molar-refractivity contribution in [3.8, 4) is 5.75 Å². The second-order valence-electron chi connectivity index (χ2n) is 6.67. The van der Waals surface area contributed by atoms with E-state index < -0.39 is 10.0 Å². The second kappa shape index (κ2) is 10.9. The van der Waals surface area contributed by atoms with Gasteiger partial charge in [-0.05, 0) is 43.2 Å². The van der Waals surface area contributed by atoms with Gasteiger partial charge in [0.1, 0.15) is 5.75 Å². The standard InChI is InChI=1S/C21H28N2O5S/c1-17(16-27-2)22-21(24)15-23(14-13-18-7-5-4-6-8-18)29(25,26)20-11-9-19(28-3)10-12-20/h4-12,17H,13-16H2,1-3H3,(H,22,24)/t17-/m0/s1. The number of nitrogens with zero attached hydrogens (tertiary/aromatic N) is 1. The third kappa shape index (κ3) is 6.85. The van der Waals surface area contributed by atoms with Gasteiger partial charge in [0.15, 0.2) is 0 Å². The maximum absolute atomic E-state index is 13.2. The maximum Gasteiger partial charge on any atom is 0.243 e. The third-order valence-corrected chi connectivity index (χ3v) is 6.19. The van der Waals surface area contributed by atoms with E-state index in [1.807, 2.05) is 30.3 Å². The quantitative estimate of drug-likeness (QED) is 0.602. The van der Waals surface area contributed by atoms with Crippen LogP contribution in [0, 0.1) is 0 Å². The first-order valence-electron chi connectivity index (χ1n) is 9.33. The minimum Gasteiger partial charge on any atom is -0.497 e. The summed E-state index contributed by atoms with van der Waals surface area (Å²) in [5.41, 5.74) is 0.996. The molecule has 2 aromatic rings. The normalized spacial score (nSPS) is 12.6. The van der Waals surface area contributed by atoms with E-state index in [1.54, 1.807) is 26.2 Å². The lowest BCUT2D eigenvalue weighted by Crippen LogP contribution is -2.45. The number of hydrogen-bond acceptors (Lipinski definition) is 5. The number of benzene rings is 2. The number of sulfonamides is 1. The lowest BCUT2D eigenvalue weighted by molar-refractivity contribution is -0.122. The number of ether oxygens (including phenoxy) is 2. The lowest BCUT2D eigenvalue weighted by atomic mass is 10.1. The van der Waals surface area contributed by atoms with Crippen LogP contribution < -0.4 is 10.1 Å². The van der Waals surface area contributed by atoms with Crippen molar-refractivity contribution in [2.75, 3.05) is 33.9 Å². The molecule has 0 bridgehead atoms. The molecule has 29 heavy (non-hydrogen) atoms. The molecule has 1 atom stereocenters. The van der Waals surface area contributed by atoms with Gasteiger partial charge in [0, 0.05) is 19.7 Å². The number of methoxy groups -OCH3 is 2. The Labute approximate surface area is 172 Å². The van der Waals surface area contributed by atoms with Crippen LogP contribution in [0.15, 0.2) is 59.5 Å². The van der Waals surface area contributed by atoms with Gasteiger partial charge >= 0.3 is 0 Å². The molecule has 0 aliphatic heterocycles. The van der Waals surface area contributed by atoms with E-state index in [1.165, 1.54) is 23.5 Å². The molecule has 0 unspecified atom stereocenters. The van der Waals surface area contributed by atoms with E-state index in [2.05, 4.69) is 5.32 Å². The summed E-state index contributed by atoms with van der Waals surface area (Å²) in [5.74, 6) is 0.186. The second-order valence-corrected chi connectivity index (χ2v) is 8.61. The summed E-state index contributed by atoms with van der Waals surface area (Å²) in [7, 11) is -0.794. The first-order valence-corrected chi connectivity index (χ1v) is 10.8. The van der Waals surface area contributed by atoms with Crippen LogP contribution in [0.5, 0.6) is 5.75 Å². The fourth-order valence-corrected chi connectivity index (χ4v) is 4.25. The summed E-state index contributed by atoms with van der Waals surface area (Å²) in [6.45, 7) is 2.06. The van der Waals surface area contributed by atoms with E-state index in [0.29, 0.717) is 18.8 Å². The van der Waals surface area contributed by atoms with E-state index in [9.17, 15) is 13.2 Å². The van der Waals surface area contributed by atoms with Crippen molar-refractivity contribution in [3.63, 3.8) is 0 Å². The minimum atomic E-state index is -3.85. The van der Waals surface area contributed by atoms with Crippen molar-refractivity contribution in [3.05, 3.63) is 60.2 Å². The number of nitrogens with one attached hydrogen (secondary N) is 1. The van der Waals surface area contributed by atoms with Gasteiger partial charge < -0.3 is 14.8 Å². The molecule has 0 heterocycles. The Morgan fingerprint density at radius 1 is 1.07 bits per heavy atom. The SMILES string of the molecule is COC[C@H](C)NC(=O)CN(CCc1ccccc1)S(=O)(=O)c1ccc(OC)cc1. The molecule has 2 rings (SSSR count). The monoisotopic (exact) mass is 420 g/mol. The molecule has 0 spiro atoms. The van der Waals surface area contributed by atoms with Gasteiger partial charge in [-0.1, -0.05) is 30.3 Å². The lowest BCUT2D eigenvalue weighted by Gasteiger charge is -2.23. The largest absolute Gasteiger partial charge is 0.497 e. The van der Waals surface area contributed by atoms with Crippen LogP contribution in [0.2, 0.25) is 0 Å². The van der Waals surface area contributed by atoms with Gasteiger partial charge in [-0.15, -0.1) is 0 Å². The van der Waals surface area contributed by atoms with Crippen LogP contribution in [-0.4, -0.2) is 58.6 Å². The maximum atomic E-state index is 13.2. The Morgan fingerprint density at radius 2 is 1.72 bits per heavy atom. The zero-order valence-electron chi connectivity index (χ0n) is 17.0. The highest BCUT2D eigenvalue weighted by Gasteiger charge is 2.27. The molecular formula is C21H28N2O5S. The molecule has 8 heteroatoms. The molecule has 0 aromatic heterocycles. The first kappa shape index (κ1) is 22.9. The van der Waals surface area contributed by atoms with Crippen molar-refractivity contribution >= 4 is 15.9 Å². The van der Waals surface area contributed by atoms with Crippen molar-refractivity contribution in [2.24, 2.45) is 0 Å². The molecule has 158 valence electrons. The highest BCUT2D eigenvalue weighted by atomic mass is 32.2. The molecule has 0 aliphatic carbocycles. The number of carbonyl (C=O) groups is 1. The minimum absolute atomic E-state index is 0.115. The zero-order chi connectivity index (χ0) is 21.3. The van der Waals surface area contributed by atoms with Crippen LogP contribution in [0.1, 0.15) is 12.5 Å². The Bertz CT molecular complexity index is 870. The summed E-state index contributed by atoms with van der Waals surface area (Å²) in [6, 6.07) is 15.5. The van der Waals surface area contributed by atoms with Crippen LogP contribution in [-0.2, 0) is 26.0 Å². The summed E-state index contributed by atoms with van der Waals surface area (Å²) in [4.78, 5) is 12.6. The molecule has 2 aromatic carbocycles. The Hall–Kier alpha value is -2.42. The van der Waals surface area contributed by atoms with Crippen molar-refractivity contribution in [2.45, 2.75) is 24.3 Å². The predicted molar refractivity (Wildman–Crippen MR) is 111 cm³/mol. The van der Waals surface area contributed by atoms with Gasteiger partial charge in [-0.3, -0.25) is 4.79 Å². The molecule has 0 saturated carbocycles. The molecule has 1 amide bonds. The summed E-state index contributed by atoms with van der Waals surface area (Å²) < 4.78 is 37.7. The fraction of sp³-hybridized carbons (Fsp3) is 0.381. The predicted octanol–water partition coefficient (Wildman–Crippen LogP) is 2.08. The molecule has 0 radical (unpaired) electrons. The smallest absolute Gasteiger partial charge is 0.243 e. The van der Waals surface area contributed by atoms with E-state index >= 15 is 0 Å². The highest BCUT2D eigenvalue weighted by Crippen LogP contribution is 2.20. The highest BCUT2D eigenvalue weighted by molar-refractivity contribution is 7.89. The van der Waals surface area contributed by atoms with Crippen LogP contribution in [0.25, 0.3) is 0 Å². The molecule has 0 saturated heterocycles. The first-order chi connectivity index (χ1) is 13.9. The number of carbonyl (C=O) groups excluding carboxylic acids is 1. The average molecular weight is 421 g/mol. The van der Waals surface area contributed by atoms with Crippen molar-refractivity contribution < 1.29 is 22.7 Å². The molecule has 1 N–H and O–H groups in total. The Kier molecular flexibility index (Phi) is 8.63. The van der Waals surface area contributed by atoms with E-state index in [-0.39, 0.29) is 29.9 Å². The number of hydrogen-bond donors (Lipinski definition) is 1. The Morgan fingerprint density at radius 3 is 2.31 bits per heavy atom. The summed E-state index contributed by atoms with van der Waals surface area (Å²) >= 11 is 0. The van der Waals surface area contributed by atoms with Gasteiger partial charge in [0.25, 0.3) is 0 Å². The fourth-order valence-electron chi connectivity index (χ4n) is 2.85. The molecule has 0 fully saturated rings. The van der Waals surface area contributed by atoms with Gasteiger partial charge in [-0.25, -0.2) is 8.42 Å². The molecule has 7 nitrogen and oxygen atoms in total. The van der Waals surface area contributed by atoms with Gasteiger partial charge in [-0.2, -0.15) is 4.31 Å². The Balaban J connectivity index is 2.20. The topological polar surface area (TPSA) is 84.9 Å². The van der Waals surface area contributed by atoms with Gasteiger partial charge in [0.2, 0.25) is 15.9 Å². The van der Waals surface area contributed by atoms with E-state index in [4.69, 9.17) is 9.47 Å². The zero-order valence-corrected chi connectivity index (χ0v) is 17.8. The number of amides is 1. The summed E-state index contributed by atoms with van der Waals surface area (Å²) in [6.07, 6.45) is 0.497. The number of rotatable bonds is 11. The third-order valence-electron chi connectivity index (χ3n) is 4.33. The van der Waals surface area contributed by atoms with Gasteiger partial charge in [0.05, 0.1) is 25.2 Å². The molecular weight excluding hydrogens is 392 g/mol. The van der Waals surface area contributed by atoms with Crippen molar-refractivity contribution in [1.82, 2.24) is 9.62 Å². The van der Waals surface area contributed by atoms with Crippen LogP contribution >= 0.6 is 0 Å². The van der Waals surface area contributed by atoms with Crippen LogP contribution in [0.3, 0.4) is 0 Å².